The molecule has 1 aliphatic rings. The molecule has 3 N–H and O–H groups in total. The minimum atomic E-state index is -0.274. The molecular weight excluding hydrogens is 394 g/mol. The summed E-state index contributed by atoms with van der Waals surface area (Å²) in [6.45, 7) is 1.81. The maximum atomic E-state index is 12.9. The topological polar surface area (TPSA) is 124 Å². The standard InChI is InChI=1S/C23H23N5O3/c1-14-10-21(25-12-19(14)22(30)27-17-6-8-18(29)9-7-17)28-23(31)20(13-26-28)16-4-2-15(11-24)3-5-16/h2-5,10,12-13,17-18,26,29H,6-9H2,1H3,(H,27,30). The largest absolute Gasteiger partial charge is 0.393 e. The van der Waals surface area contributed by atoms with Crippen molar-refractivity contribution in [2.45, 2.75) is 44.8 Å². The molecule has 8 heteroatoms. The predicted molar refractivity (Wildman–Crippen MR) is 115 cm³/mol. The van der Waals surface area contributed by atoms with E-state index in [0.717, 1.165) is 12.8 Å². The summed E-state index contributed by atoms with van der Waals surface area (Å²) < 4.78 is 1.32. The van der Waals surface area contributed by atoms with Gasteiger partial charge in [0.05, 0.1) is 28.9 Å². The Morgan fingerprint density at radius 1 is 1.26 bits per heavy atom. The van der Waals surface area contributed by atoms with E-state index in [2.05, 4.69) is 21.5 Å². The quantitative estimate of drug-likeness (QED) is 0.601. The van der Waals surface area contributed by atoms with Crippen molar-refractivity contribution in [3.8, 4) is 23.0 Å². The summed E-state index contributed by atoms with van der Waals surface area (Å²) in [5, 5.41) is 24.5. The number of carbonyl (C=O) groups is 1. The van der Waals surface area contributed by atoms with Crippen molar-refractivity contribution in [2.24, 2.45) is 0 Å². The first-order valence-electron chi connectivity index (χ1n) is 10.2. The fraction of sp³-hybridized carbons (Fsp3) is 0.304. The number of aromatic nitrogens is 3. The Bertz CT molecular complexity index is 1200. The number of aliphatic hydroxyl groups excluding tert-OH is 1. The van der Waals surface area contributed by atoms with E-state index in [-0.39, 0.29) is 23.6 Å². The van der Waals surface area contributed by atoms with Crippen LogP contribution in [0.5, 0.6) is 0 Å². The second-order valence-electron chi connectivity index (χ2n) is 7.85. The molecule has 0 saturated heterocycles. The summed E-state index contributed by atoms with van der Waals surface area (Å²) in [5.74, 6) is 0.190. The molecule has 2 heterocycles. The van der Waals surface area contributed by atoms with Crippen molar-refractivity contribution < 1.29 is 9.90 Å². The third-order valence-electron chi connectivity index (χ3n) is 5.70. The molecule has 0 unspecified atom stereocenters. The van der Waals surface area contributed by atoms with Crippen LogP contribution in [0, 0.1) is 18.3 Å². The monoisotopic (exact) mass is 417 g/mol. The van der Waals surface area contributed by atoms with Crippen LogP contribution >= 0.6 is 0 Å². The van der Waals surface area contributed by atoms with Gasteiger partial charge >= 0.3 is 0 Å². The molecule has 0 aliphatic heterocycles. The molecule has 4 rings (SSSR count). The number of nitrogens with one attached hydrogen (secondary N) is 2. The second kappa shape index (κ2) is 8.58. The SMILES string of the molecule is Cc1cc(-n2[nH]cc(-c3ccc(C#N)cc3)c2=O)ncc1C(=O)NC1CCC(O)CC1. The van der Waals surface area contributed by atoms with E-state index < -0.39 is 0 Å². The van der Waals surface area contributed by atoms with Gasteiger partial charge in [-0.05, 0) is 61.9 Å². The van der Waals surface area contributed by atoms with Crippen LogP contribution in [0.3, 0.4) is 0 Å². The molecule has 158 valence electrons. The molecule has 1 saturated carbocycles. The molecule has 0 spiro atoms. The summed E-state index contributed by atoms with van der Waals surface area (Å²) in [5.41, 5.74) is 2.58. The molecule has 1 aliphatic carbocycles. The summed E-state index contributed by atoms with van der Waals surface area (Å²) in [4.78, 5) is 29.8. The van der Waals surface area contributed by atoms with Gasteiger partial charge in [0.2, 0.25) is 0 Å². The zero-order valence-corrected chi connectivity index (χ0v) is 17.1. The Balaban J connectivity index is 1.54. The van der Waals surface area contributed by atoms with Gasteiger partial charge in [-0.3, -0.25) is 14.7 Å². The van der Waals surface area contributed by atoms with Gasteiger partial charge in [0.1, 0.15) is 0 Å². The number of amides is 1. The maximum absolute atomic E-state index is 12.9. The molecule has 0 bridgehead atoms. The number of aliphatic hydroxyl groups is 1. The van der Waals surface area contributed by atoms with Crippen LogP contribution in [0.1, 0.15) is 47.2 Å². The minimum absolute atomic E-state index is 0.0518. The average Bonchev–Trinajstić information content (AvgIpc) is 3.16. The molecule has 8 nitrogen and oxygen atoms in total. The lowest BCUT2D eigenvalue weighted by Crippen LogP contribution is -2.38. The van der Waals surface area contributed by atoms with Gasteiger partial charge in [-0.2, -0.15) is 5.26 Å². The van der Waals surface area contributed by atoms with Gasteiger partial charge in [0.15, 0.2) is 5.82 Å². The fourth-order valence-corrected chi connectivity index (χ4v) is 3.86. The highest BCUT2D eigenvalue weighted by Gasteiger charge is 2.22. The number of pyridine rings is 1. The number of rotatable bonds is 4. The summed E-state index contributed by atoms with van der Waals surface area (Å²) in [6, 6.07) is 10.6. The molecule has 2 aromatic heterocycles. The maximum Gasteiger partial charge on any atom is 0.280 e. The number of H-pyrrole nitrogens is 1. The highest BCUT2D eigenvalue weighted by molar-refractivity contribution is 5.95. The molecular formula is C23H23N5O3. The van der Waals surface area contributed by atoms with Crippen molar-refractivity contribution in [1.82, 2.24) is 20.1 Å². The number of hydrogen-bond donors (Lipinski definition) is 3. The van der Waals surface area contributed by atoms with E-state index in [1.165, 1.54) is 10.9 Å². The number of benzene rings is 1. The average molecular weight is 417 g/mol. The van der Waals surface area contributed by atoms with E-state index in [9.17, 15) is 14.7 Å². The Kier molecular flexibility index (Phi) is 5.69. The summed E-state index contributed by atoms with van der Waals surface area (Å²) >= 11 is 0. The molecule has 1 amide bonds. The van der Waals surface area contributed by atoms with Crippen molar-refractivity contribution in [3.63, 3.8) is 0 Å². The van der Waals surface area contributed by atoms with E-state index in [1.54, 1.807) is 43.5 Å². The Morgan fingerprint density at radius 2 is 1.97 bits per heavy atom. The Morgan fingerprint density at radius 3 is 2.61 bits per heavy atom. The number of aromatic amines is 1. The van der Waals surface area contributed by atoms with E-state index in [1.807, 2.05) is 0 Å². The van der Waals surface area contributed by atoms with Gasteiger partial charge in [-0.1, -0.05) is 12.1 Å². The highest BCUT2D eigenvalue weighted by atomic mass is 16.3. The lowest BCUT2D eigenvalue weighted by Gasteiger charge is -2.26. The number of carbonyl (C=O) groups excluding carboxylic acids is 1. The van der Waals surface area contributed by atoms with Crippen LogP contribution in [-0.2, 0) is 0 Å². The Labute approximate surface area is 179 Å². The van der Waals surface area contributed by atoms with Crippen LogP contribution < -0.4 is 10.9 Å². The van der Waals surface area contributed by atoms with Crippen molar-refractivity contribution in [3.05, 3.63) is 69.8 Å². The molecule has 31 heavy (non-hydrogen) atoms. The number of hydrogen-bond acceptors (Lipinski definition) is 5. The van der Waals surface area contributed by atoms with Crippen LogP contribution in [0.4, 0.5) is 0 Å². The third-order valence-corrected chi connectivity index (χ3v) is 5.70. The number of nitrogens with zero attached hydrogens (tertiary/aromatic N) is 3. The zero-order valence-electron chi connectivity index (χ0n) is 17.1. The number of nitriles is 1. The van der Waals surface area contributed by atoms with E-state index in [0.29, 0.717) is 46.5 Å². The van der Waals surface area contributed by atoms with Gasteiger partial charge in [0, 0.05) is 18.4 Å². The number of aryl methyl sites for hydroxylation is 1. The first-order valence-corrected chi connectivity index (χ1v) is 10.2. The molecule has 3 aromatic rings. The third kappa shape index (κ3) is 4.27. The van der Waals surface area contributed by atoms with Crippen LogP contribution in [0.25, 0.3) is 16.9 Å². The van der Waals surface area contributed by atoms with Crippen LogP contribution in [0.2, 0.25) is 0 Å². The molecule has 1 fully saturated rings. The van der Waals surface area contributed by atoms with Crippen LogP contribution in [0.15, 0.2) is 47.5 Å². The van der Waals surface area contributed by atoms with Gasteiger partial charge in [-0.25, -0.2) is 9.67 Å². The van der Waals surface area contributed by atoms with Crippen LogP contribution in [-0.4, -0.2) is 37.9 Å². The smallest absolute Gasteiger partial charge is 0.280 e. The highest BCUT2D eigenvalue weighted by Crippen LogP contribution is 2.20. The van der Waals surface area contributed by atoms with Crippen molar-refractivity contribution in [1.29, 1.82) is 5.26 Å². The second-order valence-corrected chi connectivity index (χ2v) is 7.85. The lowest BCUT2D eigenvalue weighted by atomic mass is 9.93. The van der Waals surface area contributed by atoms with Gasteiger partial charge in [-0.15, -0.1) is 0 Å². The zero-order chi connectivity index (χ0) is 22.0. The summed E-state index contributed by atoms with van der Waals surface area (Å²) in [7, 11) is 0. The van der Waals surface area contributed by atoms with Crippen molar-refractivity contribution >= 4 is 5.91 Å². The summed E-state index contributed by atoms with van der Waals surface area (Å²) in [6.07, 6.45) is 5.70. The van der Waals surface area contributed by atoms with E-state index >= 15 is 0 Å². The van der Waals surface area contributed by atoms with Gasteiger partial charge < -0.3 is 10.4 Å². The lowest BCUT2D eigenvalue weighted by molar-refractivity contribution is 0.0866. The molecule has 0 radical (unpaired) electrons. The predicted octanol–water partition coefficient (Wildman–Crippen LogP) is 2.44. The first-order chi connectivity index (χ1) is 15.0. The normalized spacial score (nSPS) is 18.4. The van der Waals surface area contributed by atoms with E-state index in [4.69, 9.17) is 5.26 Å². The Hall–Kier alpha value is -3.70. The molecule has 1 aromatic carbocycles. The minimum Gasteiger partial charge on any atom is -0.393 e. The fourth-order valence-electron chi connectivity index (χ4n) is 3.86. The first kappa shape index (κ1) is 20.6. The van der Waals surface area contributed by atoms with Gasteiger partial charge in [0.25, 0.3) is 11.5 Å². The van der Waals surface area contributed by atoms with Crippen molar-refractivity contribution in [2.75, 3.05) is 0 Å². The molecule has 0 atom stereocenters.